The Kier molecular flexibility index (Phi) is 5.21. The molecule has 1 aliphatic rings. The number of benzene rings is 1. The molecule has 24 heavy (non-hydrogen) atoms. The molecule has 0 aliphatic carbocycles. The molecule has 0 unspecified atom stereocenters. The van der Waals surface area contributed by atoms with Crippen LogP contribution in [-0.2, 0) is 0 Å². The molecule has 1 aliphatic heterocycles. The molecule has 4 nitrogen and oxygen atoms in total. The molecule has 2 aromatic rings. The Morgan fingerprint density at radius 3 is 2.12 bits per heavy atom. The highest BCUT2D eigenvalue weighted by Gasteiger charge is 2.24. The van der Waals surface area contributed by atoms with Crippen LogP contribution in [0.1, 0.15) is 32.0 Å². The minimum absolute atomic E-state index is 0.00321. The molecule has 3 rings (SSSR count). The molecule has 2 heterocycles. The van der Waals surface area contributed by atoms with Gasteiger partial charge in [0.2, 0.25) is 0 Å². The number of carbonyl (C=O) groups is 2. The first-order valence-electron chi connectivity index (χ1n) is 7.95. The highest BCUT2D eigenvalue weighted by Crippen LogP contribution is 2.23. The van der Waals surface area contributed by atoms with Crippen molar-refractivity contribution in [3.05, 3.63) is 56.7 Å². The Morgan fingerprint density at radius 1 is 0.917 bits per heavy atom. The lowest BCUT2D eigenvalue weighted by molar-refractivity contribution is 0.0721. The zero-order valence-electron chi connectivity index (χ0n) is 13.5. The first-order valence-corrected chi connectivity index (χ1v) is 9.14. The SMILES string of the molecule is Cc1ccc(C(=O)N2CCCN(C(=O)c3ccc(Cl)s3)CC2)cc1. The summed E-state index contributed by atoms with van der Waals surface area (Å²) in [5.41, 5.74) is 1.83. The maximum Gasteiger partial charge on any atom is 0.264 e. The number of nitrogens with zero attached hydrogens (tertiary/aromatic N) is 2. The molecule has 0 atom stereocenters. The molecular weight excluding hydrogens is 344 g/mol. The van der Waals surface area contributed by atoms with Crippen LogP contribution < -0.4 is 0 Å². The Hall–Kier alpha value is -1.85. The number of hydrogen-bond acceptors (Lipinski definition) is 3. The molecule has 126 valence electrons. The standard InChI is InChI=1S/C18H19ClN2O2S/c1-13-3-5-14(6-4-13)17(22)20-9-2-10-21(12-11-20)18(23)15-7-8-16(19)24-15/h3-8H,2,9-12H2,1H3. The molecule has 1 aromatic carbocycles. The number of rotatable bonds is 2. The lowest BCUT2D eigenvalue weighted by atomic mass is 10.1. The van der Waals surface area contributed by atoms with Crippen LogP contribution in [0.3, 0.4) is 0 Å². The van der Waals surface area contributed by atoms with Crippen molar-refractivity contribution in [1.82, 2.24) is 9.80 Å². The van der Waals surface area contributed by atoms with Gasteiger partial charge in [-0.1, -0.05) is 29.3 Å². The van der Waals surface area contributed by atoms with Crippen LogP contribution in [0.4, 0.5) is 0 Å². The van der Waals surface area contributed by atoms with Crippen molar-refractivity contribution in [2.45, 2.75) is 13.3 Å². The Labute approximate surface area is 150 Å². The van der Waals surface area contributed by atoms with E-state index in [2.05, 4.69) is 0 Å². The smallest absolute Gasteiger partial charge is 0.264 e. The van der Waals surface area contributed by atoms with E-state index in [4.69, 9.17) is 11.6 Å². The number of amides is 2. The van der Waals surface area contributed by atoms with Gasteiger partial charge >= 0.3 is 0 Å². The quantitative estimate of drug-likeness (QED) is 0.817. The minimum Gasteiger partial charge on any atom is -0.337 e. The van der Waals surface area contributed by atoms with E-state index in [0.717, 1.165) is 12.0 Å². The van der Waals surface area contributed by atoms with Gasteiger partial charge in [0, 0.05) is 31.7 Å². The summed E-state index contributed by atoms with van der Waals surface area (Å²) in [4.78, 5) is 29.4. The van der Waals surface area contributed by atoms with Crippen molar-refractivity contribution in [2.75, 3.05) is 26.2 Å². The predicted octanol–water partition coefficient (Wildman–Crippen LogP) is 3.70. The van der Waals surface area contributed by atoms with Crippen molar-refractivity contribution >= 4 is 34.8 Å². The van der Waals surface area contributed by atoms with E-state index in [9.17, 15) is 9.59 Å². The minimum atomic E-state index is -0.00321. The molecule has 0 spiro atoms. The summed E-state index contributed by atoms with van der Waals surface area (Å²) in [6, 6.07) is 11.1. The normalized spacial score (nSPS) is 15.2. The van der Waals surface area contributed by atoms with Crippen LogP contribution >= 0.6 is 22.9 Å². The van der Waals surface area contributed by atoms with Crippen LogP contribution in [0, 0.1) is 6.92 Å². The third kappa shape index (κ3) is 3.79. The number of halogens is 1. The van der Waals surface area contributed by atoms with Crippen LogP contribution in [0.15, 0.2) is 36.4 Å². The van der Waals surface area contributed by atoms with Crippen molar-refractivity contribution in [1.29, 1.82) is 0 Å². The fourth-order valence-electron chi connectivity index (χ4n) is 2.79. The number of aryl methyl sites for hydroxylation is 1. The highest BCUT2D eigenvalue weighted by molar-refractivity contribution is 7.17. The predicted molar refractivity (Wildman–Crippen MR) is 96.9 cm³/mol. The molecule has 1 saturated heterocycles. The van der Waals surface area contributed by atoms with Gasteiger partial charge in [0.05, 0.1) is 9.21 Å². The summed E-state index contributed by atoms with van der Waals surface area (Å²) in [7, 11) is 0. The lowest BCUT2D eigenvalue weighted by Crippen LogP contribution is -2.37. The van der Waals surface area contributed by atoms with Gasteiger partial charge in [-0.3, -0.25) is 9.59 Å². The van der Waals surface area contributed by atoms with Crippen molar-refractivity contribution < 1.29 is 9.59 Å². The van der Waals surface area contributed by atoms with E-state index in [1.807, 2.05) is 41.0 Å². The largest absolute Gasteiger partial charge is 0.337 e. The maximum absolute atomic E-state index is 12.6. The second kappa shape index (κ2) is 7.36. The first kappa shape index (κ1) is 17.0. The van der Waals surface area contributed by atoms with Crippen molar-refractivity contribution in [2.24, 2.45) is 0 Å². The van der Waals surface area contributed by atoms with Gasteiger partial charge in [0.25, 0.3) is 11.8 Å². The van der Waals surface area contributed by atoms with Gasteiger partial charge in [0.1, 0.15) is 0 Å². The molecule has 6 heteroatoms. The lowest BCUT2D eigenvalue weighted by Gasteiger charge is -2.22. The average Bonchev–Trinajstić information content (AvgIpc) is 2.87. The van der Waals surface area contributed by atoms with Gasteiger partial charge in [-0.25, -0.2) is 0 Å². The molecule has 1 fully saturated rings. The molecule has 0 bridgehead atoms. The Morgan fingerprint density at radius 2 is 1.54 bits per heavy atom. The first-order chi connectivity index (χ1) is 11.5. The molecule has 0 radical (unpaired) electrons. The maximum atomic E-state index is 12.6. The van der Waals surface area contributed by atoms with Gasteiger partial charge in [-0.2, -0.15) is 0 Å². The van der Waals surface area contributed by atoms with Crippen molar-refractivity contribution in [3.8, 4) is 0 Å². The molecule has 2 amide bonds. The fraction of sp³-hybridized carbons (Fsp3) is 0.333. The van der Waals surface area contributed by atoms with E-state index in [1.54, 1.807) is 12.1 Å². The fourth-order valence-corrected chi connectivity index (χ4v) is 3.80. The van der Waals surface area contributed by atoms with Crippen LogP contribution in [-0.4, -0.2) is 47.8 Å². The second-order valence-corrected chi connectivity index (χ2v) is 7.62. The van der Waals surface area contributed by atoms with Crippen molar-refractivity contribution in [3.63, 3.8) is 0 Å². The van der Waals surface area contributed by atoms with E-state index < -0.39 is 0 Å². The topological polar surface area (TPSA) is 40.6 Å². The monoisotopic (exact) mass is 362 g/mol. The Balaban J connectivity index is 1.65. The molecule has 0 saturated carbocycles. The van der Waals surface area contributed by atoms with Gasteiger partial charge < -0.3 is 9.80 Å². The number of thiophene rings is 1. The van der Waals surface area contributed by atoms with Gasteiger partial charge in [0.15, 0.2) is 0 Å². The average molecular weight is 363 g/mol. The molecular formula is C18H19ClN2O2S. The summed E-state index contributed by atoms with van der Waals surface area (Å²) in [5.74, 6) is 0.0278. The second-order valence-electron chi connectivity index (χ2n) is 5.91. The van der Waals surface area contributed by atoms with E-state index in [0.29, 0.717) is 41.0 Å². The summed E-state index contributed by atoms with van der Waals surface area (Å²) in [5, 5.41) is 0. The zero-order chi connectivity index (χ0) is 17.1. The summed E-state index contributed by atoms with van der Waals surface area (Å²) >= 11 is 7.21. The van der Waals surface area contributed by atoms with Crippen LogP contribution in [0.5, 0.6) is 0 Å². The van der Waals surface area contributed by atoms with Gasteiger partial charge in [-0.05, 0) is 37.6 Å². The highest BCUT2D eigenvalue weighted by atomic mass is 35.5. The zero-order valence-corrected chi connectivity index (χ0v) is 15.1. The van der Waals surface area contributed by atoms with Crippen LogP contribution in [0.25, 0.3) is 0 Å². The summed E-state index contributed by atoms with van der Waals surface area (Å²) < 4.78 is 0.615. The van der Waals surface area contributed by atoms with E-state index in [1.165, 1.54) is 11.3 Å². The van der Waals surface area contributed by atoms with E-state index >= 15 is 0 Å². The summed E-state index contributed by atoms with van der Waals surface area (Å²) in [6.45, 7) is 4.43. The van der Waals surface area contributed by atoms with E-state index in [-0.39, 0.29) is 11.8 Å². The number of carbonyl (C=O) groups excluding carboxylic acids is 2. The Bertz CT molecular complexity index is 742. The summed E-state index contributed by atoms with van der Waals surface area (Å²) in [6.07, 6.45) is 0.780. The van der Waals surface area contributed by atoms with Gasteiger partial charge in [-0.15, -0.1) is 11.3 Å². The molecule has 1 aromatic heterocycles. The molecule has 0 N–H and O–H groups in total. The third-order valence-electron chi connectivity index (χ3n) is 4.15. The number of hydrogen-bond donors (Lipinski definition) is 0. The third-order valence-corrected chi connectivity index (χ3v) is 5.37. The van der Waals surface area contributed by atoms with Crippen LogP contribution in [0.2, 0.25) is 4.34 Å².